The Balaban J connectivity index is 3.02. The van der Waals surface area contributed by atoms with Gasteiger partial charge in [-0.2, -0.15) is 0 Å². The van der Waals surface area contributed by atoms with Gasteiger partial charge in [0, 0.05) is 20.7 Å². The Bertz CT molecular complexity index is 454. The van der Waals surface area contributed by atoms with Crippen molar-refractivity contribution in [1.29, 1.82) is 0 Å². The molecule has 8 heteroatoms. The molecule has 1 aromatic heterocycles. The summed E-state index contributed by atoms with van der Waals surface area (Å²) in [5.74, 6) is 0. The van der Waals surface area contributed by atoms with Crippen molar-refractivity contribution >= 4 is 69.1 Å². The van der Waals surface area contributed by atoms with Gasteiger partial charge in [-0.1, -0.05) is 31.9 Å². The van der Waals surface area contributed by atoms with Crippen LogP contribution in [-0.4, -0.2) is 24.6 Å². The van der Waals surface area contributed by atoms with Crippen LogP contribution in [0.4, 0.5) is 0 Å². The first-order chi connectivity index (χ1) is 7.34. The molecule has 0 atom stereocenters. The van der Waals surface area contributed by atoms with Gasteiger partial charge in [-0.3, -0.25) is 0 Å². The predicted octanol–water partition coefficient (Wildman–Crippen LogP) is 3.34. The zero-order valence-electron chi connectivity index (χ0n) is 8.34. The highest BCUT2D eigenvalue weighted by Gasteiger charge is 2.30. The Morgan fingerprint density at radius 1 is 1.44 bits per heavy atom. The zero-order chi connectivity index (χ0) is 12.4. The second kappa shape index (κ2) is 5.79. The van der Waals surface area contributed by atoms with Crippen molar-refractivity contribution in [3.05, 3.63) is 15.9 Å². The van der Waals surface area contributed by atoms with Gasteiger partial charge in [0.1, 0.15) is 4.21 Å². The maximum Gasteiger partial charge on any atom is 0.251 e. The minimum absolute atomic E-state index is 0.306. The predicted molar refractivity (Wildman–Crippen MR) is 78.3 cm³/mol. The lowest BCUT2D eigenvalue weighted by Crippen LogP contribution is -2.48. The van der Waals surface area contributed by atoms with Crippen LogP contribution in [0.5, 0.6) is 0 Å². The molecule has 0 amide bonds. The summed E-state index contributed by atoms with van der Waals surface area (Å²) in [6, 6.07) is 1.72. The Hall–Kier alpha value is 1.05. The van der Waals surface area contributed by atoms with Crippen molar-refractivity contribution < 1.29 is 8.42 Å². The molecule has 1 heterocycles. The van der Waals surface area contributed by atoms with E-state index in [2.05, 4.69) is 52.5 Å². The second-order valence-electron chi connectivity index (χ2n) is 3.49. The maximum absolute atomic E-state index is 12.1. The Labute approximate surface area is 124 Å². The van der Waals surface area contributed by atoms with Gasteiger partial charge in [0.2, 0.25) is 0 Å². The molecule has 0 unspecified atom stereocenters. The van der Waals surface area contributed by atoms with Crippen LogP contribution in [0.3, 0.4) is 0 Å². The van der Waals surface area contributed by atoms with Gasteiger partial charge in [-0.25, -0.2) is 13.1 Å². The van der Waals surface area contributed by atoms with E-state index in [0.29, 0.717) is 19.3 Å². The number of hydrogen-bond donors (Lipinski definition) is 1. The molecule has 0 spiro atoms. The highest BCUT2D eigenvalue weighted by atomic mass is 79.9. The Morgan fingerprint density at radius 3 is 2.38 bits per heavy atom. The van der Waals surface area contributed by atoms with Crippen LogP contribution in [0.1, 0.15) is 6.92 Å². The fraction of sp³-hybridized carbons (Fsp3) is 0.500. The van der Waals surface area contributed by atoms with Crippen LogP contribution in [-0.2, 0) is 10.0 Å². The number of sulfonamides is 1. The van der Waals surface area contributed by atoms with Gasteiger partial charge in [0.25, 0.3) is 10.0 Å². The largest absolute Gasteiger partial charge is 0.251 e. The average molecular weight is 456 g/mol. The molecule has 3 nitrogen and oxygen atoms in total. The molecule has 1 aromatic rings. The second-order valence-corrected chi connectivity index (χ2v) is 8.26. The molecule has 16 heavy (non-hydrogen) atoms. The summed E-state index contributed by atoms with van der Waals surface area (Å²) in [5, 5.41) is 2.80. The standard InChI is InChI=1S/C8H10Br3NO2S2/c1-8(4-9,5-10)12-16(13,14)7-6(11)2-3-15-7/h2-3,12H,4-5H2,1H3. The summed E-state index contributed by atoms with van der Waals surface area (Å²) in [5.41, 5.74) is -0.539. The summed E-state index contributed by atoms with van der Waals surface area (Å²) >= 11 is 11.0. The Kier molecular flexibility index (Phi) is 5.47. The molecule has 0 radical (unpaired) electrons. The topological polar surface area (TPSA) is 46.2 Å². The number of rotatable bonds is 5. The SMILES string of the molecule is CC(CBr)(CBr)NS(=O)(=O)c1sccc1Br. The molecule has 0 bridgehead atoms. The summed E-state index contributed by atoms with van der Waals surface area (Å²) in [4.78, 5) is 0. The van der Waals surface area contributed by atoms with Crippen molar-refractivity contribution in [3.8, 4) is 0 Å². The van der Waals surface area contributed by atoms with E-state index in [1.165, 1.54) is 11.3 Å². The third-order valence-corrected chi connectivity index (χ3v) is 8.58. The molecule has 0 aliphatic rings. The average Bonchev–Trinajstić information content (AvgIpc) is 2.64. The summed E-state index contributed by atoms with van der Waals surface area (Å²) in [6.45, 7) is 1.83. The lowest BCUT2D eigenvalue weighted by atomic mass is 10.1. The number of nitrogens with one attached hydrogen (secondary N) is 1. The highest BCUT2D eigenvalue weighted by molar-refractivity contribution is 9.10. The summed E-state index contributed by atoms with van der Waals surface area (Å²) in [6.07, 6.45) is 0. The van der Waals surface area contributed by atoms with Crippen LogP contribution in [0.25, 0.3) is 0 Å². The van der Waals surface area contributed by atoms with Gasteiger partial charge in [-0.05, 0) is 34.3 Å². The lowest BCUT2D eigenvalue weighted by Gasteiger charge is -2.25. The molecule has 0 saturated carbocycles. The Morgan fingerprint density at radius 2 is 2.00 bits per heavy atom. The molecular weight excluding hydrogens is 446 g/mol. The van der Waals surface area contributed by atoms with E-state index in [4.69, 9.17) is 0 Å². The maximum atomic E-state index is 12.1. The van der Waals surface area contributed by atoms with E-state index in [-0.39, 0.29) is 0 Å². The van der Waals surface area contributed by atoms with Crippen LogP contribution in [0, 0.1) is 0 Å². The molecule has 1 rings (SSSR count). The smallest absolute Gasteiger partial charge is 0.206 e. The number of thiophene rings is 1. The third-order valence-electron chi connectivity index (χ3n) is 1.80. The van der Waals surface area contributed by atoms with Gasteiger partial charge in [-0.15, -0.1) is 11.3 Å². The van der Waals surface area contributed by atoms with Crippen molar-refractivity contribution in [2.75, 3.05) is 10.7 Å². The minimum atomic E-state index is -3.47. The first-order valence-corrected chi connectivity index (χ1v) is 9.63. The lowest BCUT2D eigenvalue weighted by molar-refractivity contribution is 0.510. The minimum Gasteiger partial charge on any atom is -0.206 e. The van der Waals surface area contributed by atoms with Crippen molar-refractivity contribution in [2.24, 2.45) is 0 Å². The van der Waals surface area contributed by atoms with Crippen molar-refractivity contribution in [2.45, 2.75) is 16.7 Å². The van der Waals surface area contributed by atoms with Crippen LogP contribution in [0.2, 0.25) is 0 Å². The van der Waals surface area contributed by atoms with E-state index in [9.17, 15) is 8.42 Å². The van der Waals surface area contributed by atoms with E-state index >= 15 is 0 Å². The molecule has 92 valence electrons. The fourth-order valence-corrected chi connectivity index (χ4v) is 6.26. The molecular formula is C8H10Br3NO2S2. The van der Waals surface area contributed by atoms with Gasteiger partial charge >= 0.3 is 0 Å². The number of hydrogen-bond acceptors (Lipinski definition) is 3. The quantitative estimate of drug-likeness (QED) is 0.692. The first kappa shape index (κ1) is 15.1. The highest BCUT2D eigenvalue weighted by Crippen LogP contribution is 2.28. The molecule has 0 aromatic carbocycles. The molecule has 0 aliphatic carbocycles. The van der Waals surface area contributed by atoms with E-state index in [1.54, 1.807) is 11.4 Å². The normalized spacial score (nSPS) is 13.0. The van der Waals surface area contributed by atoms with Gasteiger partial charge < -0.3 is 0 Å². The van der Waals surface area contributed by atoms with Crippen LogP contribution < -0.4 is 4.72 Å². The molecule has 0 saturated heterocycles. The van der Waals surface area contributed by atoms with Crippen LogP contribution >= 0.6 is 59.1 Å². The van der Waals surface area contributed by atoms with Gasteiger partial charge in [0.05, 0.1) is 0 Å². The monoisotopic (exact) mass is 453 g/mol. The van der Waals surface area contributed by atoms with Crippen molar-refractivity contribution in [1.82, 2.24) is 4.72 Å². The van der Waals surface area contributed by atoms with Gasteiger partial charge in [0.15, 0.2) is 0 Å². The van der Waals surface area contributed by atoms with E-state index in [1.807, 2.05) is 6.92 Å². The van der Waals surface area contributed by atoms with Crippen LogP contribution in [0.15, 0.2) is 20.1 Å². The van der Waals surface area contributed by atoms with E-state index in [0.717, 1.165) is 0 Å². The van der Waals surface area contributed by atoms with Crippen molar-refractivity contribution in [3.63, 3.8) is 0 Å². The number of halogens is 3. The molecule has 0 fully saturated rings. The first-order valence-electron chi connectivity index (χ1n) is 4.23. The number of alkyl halides is 2. The zero-order valence-corrected chi connectivity index (χ0v) is 14.7. The van der Waals surface area contributed by atoms with E-state index < -0.39 is 15.6 Å². The third kappa shape index (κ3) is 3.52. The molecule has 0 aliphatic heterocycles. The summed E-state index contributed by atoms with van der Waals surface area (Å²) < 4.78 is 27.7. The fourth-order valence-electron chi connectivity index (χ4n) is 0.933. The molecule has 1 N–H and O–H groups in total. The summed E-state index contributed by atoms with van der Waals surface area (Å²) in [7, 11) is -3.47.